The van der Waals surface area contributed by atoms with Crippen molar-refractivity contribution in [2.75, 3.05) is 24.7 Å². The molecular weight excluding hydrogens is 302 g/mol. The van der Waals surface area contributed by atoms with Crippen molar-refractivity contribution in [3.8, 4) is 11.5 Å². The summed E-state index contributed by atoms with van der Waals surface area (Å²) in [4.78, 5) is 15.1. The first-order chi connectivity index (χ1) is 11.6. The predicted molar refractivity (Wildman–Crippen MR) is 93.3 cm³/mol. The van der Waals surface area contributed by atoms with Crippen LogP contribution in [0.1, 0.15) is 33.5 Å². The topological polar surface area (TPSA) is 38.8 Å². The van der Waals surface area contributed by atoms with E-state index >= 15 is 0 Å². The highest BCUT2D eigenvalue weighted by Gasteiger charge is 2.28. The summed E-state index contributed by atoms with van der Waals surface area (Å²) in [6.07, 6.45) is 2.01. The Hall–Kier alpha value is -2.49. The van der Waals surface area contributed by atoms with Gasteiger partial charge in [-0.15, -0.1) is 0 Å². The fourth-order valence-corrected chi connectivity index (χ4v) is 3.67. The number of rotatable bonds is 1. The van der Waals surface area contributed by atoms with E-state index in [-0.39, 0.29) is 5.91 Å². The lowest BCUT2D eigenvalue weighted by Gasteiger charge is -2.32. The molecular formula is C20H21NO3. The molecule has 0 radical (unpaired) electrons. The third-order valence-corrected chi connectivity index (χ3v) is 4.73. The van der Waals surface area contributed by atoms with Crippen molar-refractivity contribution in [3.05, 3.63) is 52.6 Å². The highest BCUT2D eigenvalue weighted by atomic mass is 16.6. The highest BCUT2D eigenvalue weighted by Crippen LogP contribution is 2.37. The lowest BCUT2D eigenvalue weighted by atomic mass is 9.94. The van der Waals surface area contributed by atoms with Crippen LogP contribution >= 0.6 is 0 Å². The van der Waals surface area contributed by atoms with E-state index < -0.39 is 0 Å². The van der Waals surface area contributed by atoms with E-state index in [4.69, 9.17) is 9.47 Å². The summed E-state index contributed by atoms with van der Waals surface area (Å²) in [5.41, 5.74) is 5.34. The molecule has 2 aliphatic rings. The third kappa shape index (κ3) is 2.42. The van der Waals surface area contributed by atoms with Crippen molar-refractivity contribution in [2.24, 2.45) is 0 Å². The van der Waals surface area contributed by atoms with E-state index in [0.717, 1.165) is 25.1 Å². The summed E-state index contributed by atoms with van der Waals surface area (Å²) in [5.74, 6) is 1.22. The van der Waals surface area contributed by atoms with Gasteiger partial charge in [0.2, 0.25) is 0 Å². The van der Waals surface area contributed by atoms with Crippen molar-refractivity contribution >= 4 is 11.6 Å². The zero-order valence-corrected chi connectivity index (χ0v) is 14.1. The fourth-order valence-electron chi connectivity index (χ4n) is 3.67. The Morgan fingerprint density at radius 1 is 1.12 bits per heavy atom. The maximum atomic E-state index is 13.2. The predicted octanol–water partition coefficient (Wildman–Crippen LogP) is 3.67. The van der Waals surface area contributed by atoms with Crippen LogP contribution in [-0.4, -0.2) is 25.7 Å². The molecule has 0 aliphatic carbocycles. The number of hydrogen-bond donors (Lipinski definition) is 0. The molecule has 4 heteroatoms. The molecule has 0 spiro atoms. The van der Waals surface area contributed by atoms with Crippen molar-refractivity contribution in [1.29, 1.82) is 0 Å². The molecule has 2 aliphatic heterocycles. The molecule has 2 heterocycles. The number of ether oxygens (including phenoxy) is 2. The molecule has 2 aromatic carbocycles. The number of para-hydroxylation sites is 1. The van der Waals surface area contributed by atoms with Gasteiger partial charge in [-0.3, -0.25) is 4.79 Å². The van der Waals surface area contributed by atoms with E-state index in [2.05, 4.69) is 26.0 Å². The maximum Gasteiger partial charge on any atom is 0.262 e. The zero-order valence-electron chi connectivity index (χ0n) is 14.1. The number of hydrogen-bond acceptors (Lipinski definition) is 3. The summed E-state index contributed by atoms with van der Waals surface area (Å²) >= 11 is 0. The van der Waals surface area contributed by atoms with Crippen LogP contribution in [0.5, 0.6) is 11.5 Å². The molecule has 0 aromatic heterocycles. The molecule has 0 N–H and O–H groups in total. The minimum atomic E-state index is -0.0108. The van der Waals surface area contributed by atoms with Crippen LogP contribution in [0.25, 0.3) is 0 Å². The van der Waals surface area contributed by atoms with Gasteiger partial charge in [-0.05, 0) is 61.6 Å². The Balaban J connectivity index is 1.78. The number of benzene rings is 2. The van der Waals surface area contributed by atoms with Gasteiger partial charge < -0.3 is 14.4 Å². The molecule has 4 rings (SSSR count). The first kappa shape index (κ1) is 15.1. The van der Waals surface area contributed by atoms with E-state index in [0.29, 0.717) is 30.3 Å². The fraction of sp³-hybridized carbons (Fsp3) is 0.350. The van der Waals surface area contributed by atoms with Crippen LogP contribution in [0.4, 0.5) is 5.69 Å². The van der Waals surface area contributed by atoms with Gasteiger partial charge in [0, 0.05) is 12.2 Å². The molecule has 0 atom stereocenters. The molecule has 4 nitrogen and oxygen atoms in total. The number of aryl methyl sites for hydroxylation is 2. The molecule has 0 saturated heterocycles. The monoisotopic (exact) mass is 323 g/mol. The Bertz CT molecular complexity index is 813. The van der Waals surface area contributed by atoms with Crippen molar-refractivity contribution in [3.63, 3.8) is 0 Å². The van der Waals surface area contributed by atoms with Crippen molar-refractivity contribution in [2.45, 2.75) is 26.7 Å². The quantitative estimate of drug-likeness (QED) is 0.804. The Morgan fingerprint density at radius 3 is 2.83 bits per heavy atom. The van der Waals surface area contributed by atoms with Gasteiger partial charge in [0.25, 0.3) is 5.91 Å². The van der Waals surface area contributed by atoms with Crippen LogP contribution in [0.15, 0.2) is 30.3 Å². The summed E-state index contributed by atoms with van der Waals surface area (Å²) in [7, 11) is 0. The molecule has 2 aromatic rings. The first-order valence-corrected chi connectivity index (χ1v) is 8.46. The second kappa shape index (κ2) is 5.86. The molecule has 24 heavy (non-hydrogen) atoms. The largest absolute Gasteiger partial charge is 0.486 e. The Labute approximate surface area is 142 Å². The summed E-state index contributed by atoms with van der Waals surface area (Å²) in [5, 5.41) is 0. The van der Waals surface area contributed by atoms with Gasteiger partial charge >= 0.3 is 0 Å². The SMILES string of the molecule is Cc1cc(C)c2c(c1)N(C(=O)c1cccc3c1OCCO3)CCC2. The average molecular weight is 323 g/mol. The number of carbonyl (C=O) groups excluding carboxylic acids is 1. The number of anilines is 1. The van der Waals surface area contributed by atoms with E-state index in [1.165, 1.54) is 16.7 Å². The number of fused-ring (bicyclic) bond motifs is 2. The van der Waals surface area contributed by atoms with Crippen LogP contribution in [0.2, 0.25) is 0 Å². The van der Waals surface area contributed by atoms with Crippen molar-refractivity contribution in [1.82, 2.24) is 0 Å². The van der Waals surface area contributed by atoms with E-state index in [9.17, 15) is 4.79 Å². The molecule has 1 amide bonds. The minimum Gasteiger partial charge on any atom is -0.486 e. The summed E-state index contributed by atoms with van der Waals surface area (Å²) in [6, 6.07) is 9.84. The maximum absolute atomic E-state index is 13.2. The van der Waals surface area contributed by atoms with Crippen molar-refractivity contribution < 1.29 is 14.3 Å². The molecule has 0 bridgehead atoms. The average Bonchev–Trinajstić information content (AvgIpc) is 2.60. The van der Waals surface area contributed by atoms with Gasteiger partial charge in [0.1, 0.15) is 13.2 Å². The van der Waals surface area contributed by atoms with Gasteiger partial charge in [-0.1, -0.05) is 12.1 Å². The number of nitrogens with zero attached hydrogens (tertiary/aromatic N) is 1. The lowest BCUT2D eigenvalue weighted by molar-refractivity contribution is 0.0974. The molecule has 0 fully saturated rings. The zero-order chi connectivity index (χ0) is 16.7. The van der Waals surface area contributed by atoms with Gasteiger partial charge in [-0.25, -0.2) is 0 Å². The summed E-state index contributed by atoms with van der Waals surface area (Å²) < 4.78 is 11.3. The Kier molecular flexibility index (Phi) is 3.68. The molecule has 124 valence electrons. The highest BCUT2D eigenvalue weighted by molar-refractivity contribution is 6.09. The standard InChI is InChI=1S/C20H21NO3/c1-13-11-14(2)15-6-4-8-21(17(15)12-13)20(22)16-5-3-7-18-19(16)24-10-9-23-18/h3,5,7,11-12H,4,6,8-10H2,1-2H3. The minimum absolute atomic E-state index is 0.0108. The van der Waals surface area contributed by atoms with Gasteiger partial charge in [-0.2, -0.15) is 0 Å². The Morgan fingerprint density at radius 2 is 1.96 bits per heavy atom. The number of amides is 1. The van der Waals surface area contributed by atoms with Crippen LogP contribution in [0.3, 0.4) is 0 Å². The summed E-state index contributed by atoms with van der Waals surface area (Å²) in [6.45, 7) is 5.94. The smallest absolute Gasteiger partial charge is 0.262 e. The second-order valence-corrected chi connectivity index (χ2v) is 6.47. The van der Waals surface area contributed by atoms with Crippen LogP contribution < -0.4 is 14.4 Å². The number of carbonyl (C=O) groups is 1. The van der Waals surface area contributed by atoms with Crippen LogP contribution in [0, 0.1) is 13.8 Å². The first-order valence-electron chi connectivity index (χ1n) is 8.46. The van der Waals surface area contributed by atoms with Gasteiger partial charge in [0.15, 0.2) is 11.5 Å². The molecule has 0 unspecified atom stereocenters. The van der Waals surface area contributed by atoms with Crippen LogP contribution in [-0.2, 0) is 6.42 Å². The van der Waals surface area contributed by atoms with E-state index in [1.807, 2.05) is 23.1 Å². The third-order valence-electron chi connectivity index (χ3n) is 4.73. The van der Waals surface area contributed by atoms with Gasteiger partial charge in [0.05, 0.1) is 5.56 Å². The second-order valence-electron chi connectivity index (χ2n) is 6.47. The molecule has 0 saturated carbocycles. The normalized spacial score (nSPS) is 15.8. The lowest BCUT2D eigenvalue weighted by Crippen LogP contribution is -2.36. The van der Waals surface area contributed by atoms with E-state index in [1.54, 1.807) is 0 Å².